The normalized spacial score (nSPS) is 10.7. The molecule has 0 unspecified atom stereocenters. The van der Waals surface area contributed by atoms with Gasteiger partial charge in [0.1, 0.15) is 12.4 Å². The van der Waals surface area contributed by atoms with Crippen LogP contribution in [0.15, 0.2) is 82.4 Å². The van der Waals surface area contributed by atoms with E-state index in [4.69, 9.17) is 16.3 Å². The standard InChI is InChI=1S/C21H16BrClN2O2/c22-18-8-11-20(27-14-15-6-9-19(23)10-7-15)17(12-18)13-24-25-21(26)16-4-2-1-3-5-16/h1-13H,14H2,(H,25,26)/b24-13-. The van der Waals surface area contributed by atoms with Crippen LogP contribution in [0.4, 0.5) is 0 Å². The first-order valence-corrected chi connectivity index (χ1v) is 9.34. The summed E-state index contributed by atoms with van der Waals surface area (Å²) < 4.78 is 6.78. The number of hydrazone groups is 1. The maximum absolute atomic E-state index is 12.0. The summed E-state index contributed by atoms with van der Waals surface area (Å²) >= 11 is 9.34. The van der Waals surface area contributed by atoms with Crippen LogP contribution in [-0.4, -0.2) is 12.1 Å². The van der Waals surface area contributed by atoms with Gasteiger partial charge >= 0.3 is 0 Å². The summed E-state index contributed by atoms with van der Waals surface area (Å²) in [6, 6.07) is 22.0. The third-order valence-corrected chi connectivity index (χ3v) is 4.43. The highest BCUT2D eigenvalue weighted by atomic mass is 79.9. The fourth-order valence-corrected chi connectivity index (χ4v) is 2.81. The van der Waals surface area contributed by atoms with Gasteiger partial charge in [-0.05, 0) is 48.0 Å². The molecule has 6 heteroatoms. The molecule has 0 aliphatic rings. The first-order valence-electron chi connectivity index (χ1n) is 8.17. The summed E-state index contributed by atoms with van der Waals surface area (Å²) in [7, 11) is 0. The average molecular weight is 444 g/mol. The van der Waals surface area contributed by atoms with Crippen molar-refractivity contribution in [2.45, 2.75) is 6.61 Å². The summed E-state index contributed by atoms with van der Waals surface area (Å²) in [5, 5.41) is 4.73. The number of hydrogen-bond acceptors (Lipinski definition) is 3. The number of ether oxygens (including phenoxy) is 1. The molecule has 0 heterocycles. The Labute approximate surface area is 171 Å². The highest BCUT2D eigenvalue weighted by Gasteiger charge is 2.05. The lowest BCUT2D eigenvalue weighted by molar-refractivity contribution is 0.0955. The fraction of sp³-hybridized carbons (Fsp3) is 0.0476. The van der Waals surface area contributed by atoms with Gasteiger partial charge in [-0.3, -0.25) is 4.79 Å². The first-order chi connectivity index (χ1) is 13.1. The lowest BCUT2D eigenvalue weighted by atomic mass is 10.2. The molecule has 1 N–H and O–H groups in total. The Morgan fingerprint density at radius 1 is 1.07 bits per heavy atom. The number of carbonyl (C=O) groups is 1. The molecule has 27 heavy (non-hydrogen) atoms. The van der Waals surface area contributed by atoms with Gasteiger partial charge in [0.2, 0.25) is 0 Å². The van der Waals surface area contributed by atoms with Gasteiger partial charge in [0, 0.05) is 20.6 Å². The van der Waals surface area contributed by atoms with E-state index in [1.165, 1.54) is 0 Å². The van der Waals surface area contributed by atoms with Gasteiger partial charge < -0.3 is 4.74 Å². The first kappa shape index (κ1) is 19.1. The van der Waals surface area contributed by atoms with Crippen LogP contribution in [0.3, 0.4) is 0 Å². The summed E-state index contributed by atoms with van der Waals surface area (Å²) in [5.41, 5.74) is 4.81. The van der Waals surface area contributed by atoms with Crippen molar-refractivity contribution >= 4 is 39.7 Å². The highest BCUT2D eigenvalue weighted by Crippen LogP contribution is 2.23. The van der Waals surface area contributed by atoms with Crippen LogP contribution in [0.5, 0.6) is 5.75 Å². The molecule has 0 aliphatic heterocycles. The van der Waals surface area contributed by atoms with E-state index >= 15 is 0 Å². The molecule has 3 aromatic carbocycles. The molecule has 3 rings (SSSR count). The van der Waals surface area contributed by atoms with E-state index in [0.29, 0.717) is 22.9 Å². The predicted octanol–water partition coefficient (Wildman–Crippen LogP) is 5.45. The molecule has 0 aliphatic carbocycles. The molecule has 0 aromatic heterocycles. The lowest BCUT2D eigenvalue weighted by Gasteiger charge is -2.10. The Morgan fingerprint density at radius 3 is 2.56 bits per heavy atom. The van der Waals surface area contributed by atoms with Crippen LogP contribution < -0.4 is 10.2 Å². The molecular formula is C21H16BrClN2O2. The topological polar surface area (TPSA) is 50.7 Å². The Bertz CT molecular complexity index is 944. The van der Waals surface area contributed by atoms with E-state index in [1.54, 1.807) is 30.5 Å². The Kier molecular flexibility index (Phi) is 6.63. The highest BCUT2D eigenvalue weighted by molar-refractivity contribution is 9.10. The van der Waals surface area contributed by atoms with Crippen LogP contribution in [0, 0.1) is 0 Å². The molecule has 0 saturated heterocycles. The maximum atomic E-state index is 12.0. The summed E-state index contributed by atoms with van der Waals surface area (Å²) in [6.45, 7) is 0.399. The second kappa shape index (κ2) is 9.35. The molecule has 0 spiro atoms. The number of halogens is 2. The zero-order chi connectivity index (χ0) is 19.1. The molecule has 0 bridgehead atoms. The van der Waals surface area contributed by atoms with Gasteiger partial charge in [-0.25, -0.2) is 5.43 Å². The maximum Gasteiger partial charge on any atom is 0.271 e. The summed E-state index contributed by atoms with van der Waals surface area (Å²) in [4.78, 5) is 12.0. The van der Waals surface area contributed by atoms with Crippen LogP contribution in [-0.2, 0) is 6.61 Å². The number of amides is 1. The zero-order valence-electron chi connectivity index (χ0n) is 14.2. The van der Waals surface area contributed by atoms with Crippen LogP contribution in [0.1, 0.15) is 21.5 Å². The third-order valence-electron chi connectivity index (χ3n) is 3.69. The van der Waals surface area contributed by atoms with Crippen LogP contribution in [0.25, 0.3) is 0 Å². The van der Waals surface area contributed by atoms with Crippen molar-refractivity contribution in [1.82, 2.24) is 5.43 Å². The van der Waals surface area contributed by atoms with Gasteiger partial charge in [0.15, 0.2) is 0 Å². The monoisotopic (exact) mass is 442 g/mol. The molecule has 0 radical (unpaired) electrons. The van der Waals surface area contributed by atoms with E-state index in [1.807, 2.05) is 48.5 Å². The number of hydrogen-bond donors (Lipinski definition) is 1. The third kappa shape index (κ3) is 5.67. The average Bonchev–Trinajstić information content (AvgIpc) is 2.69. The van der Waals surface area contributed by atoms with Crippen molar-refractivity contribution in [2.24, 2.45) is 5.10 Å². The van der Waals surface area contributed by atoms with Gasteiger partial charge in [-0.2, -0.15) is 5.10 Å². The minimum absolute atomic E-state index is 0.273. The Balaban J connectivity index is 1.68. The van der Waals surface area contributed by atoms with E-state index in [9.17, 15) is 4.79 Å². The molecule has 0 fully saturated rings. The summed E-state index contributed by atoms with van der Waals surface area (Å²) in [5.74, 6) is 0.385. The number of rotatable bonds is 6. The molecule has 0 saturated carbocycles. The molecule has 4 nitrogen and oxygen atoms in total. The Morgan fingerprint density at radius 2 is 1.81 bits per heavy atom. The van der Waals surface area contributed by atoms with Crippen molar-refractivity contribution in [1.29, 1.82) is 0 Å². The molecule has 1 amide bonds. The molecule has 0 atom stereocenters. The molecular weight excluding hydrogens is 428 g/mol. The van der Waals surface area contributed by atoms with Crippen LogP contribution >= 0.6 is 27.5 Å². The van der Waals surface area contributed by atoms with E-state index < -0.39 is 0 Å². The number of nitrogens with zero attached hydrogens (tertiary/aromatic N) is 1. The van der Waals surface area contributed by atoms with Crippen molar-refractivity contribution < 1.29 is 9.53 Å². The van der Waals surface area contributed by atoms with E-state index in [2.05, 4.69) is 26.5 Å². The smallest absolute Gasteiger partial charge is 0.271 e. The van der Waals surface area contributed by atoms with Crippen molar-refractivity contribution in [3.05, 3.63) is 99.0 Å². The number of benzene rings is 3. The van der Waals surface area contributed by atoms with Crippen molar-refractivity contribution in [3.8, 4) is 5.75 Å². The second-order valence-corrected chi connectivity index (χ2v) is 7.01. The molecule has 136 valence electrons. The van der Waals surface area contributed by atoms with Gasteiger partial charge in [-0.15, -0.1) is 0 Å². The SMILES string of the molecule is O=C(N/N=C\c1cc(Br)ccc1OCc1ccc(Cl)cc1)c1ccccc1. The number of nitrogens with one attached hydrogen (secondary N) is 1. The summed E-state index contributed by atoms with van der Waals surface area (Å²) in [6.07, 6.45) is 1.56. The lowest BCUT2D eigenvalue weighted by Crippen LogP contribution is -2.17. The van der Waals surface area contributed by atoms with E-state index in [-0.39, 0.29) is 5.91 Å². The van der Waals surface area contributed by atoms with Crippen molar-refractivity contribution in [2.75, 3.05) is 0 Å². The largest absolute Gasteiger partial charge is 0.488 e. The fourth-order valence-electron chi connectivity index (χ4n) is 2.31. The Hall–Kier alpha value is -2.63. The van der Waals surface area contributed by atoms with Gasteiger partial charge in [0.25, 0.3) is 5.91 Å². The molecule has 3 aromatic rings. The van der Waals surface area contributed by atoms with Crippen molar-refractivity contribution in [3.63, 3.8) is 0 Å². The second-order valence-electron chi connectivity index (χ2n) is 5.66. The quantitative estimate of drug-likeness (QED) is 0.407. The van der Waals surface area contributed by atoms with Gasteiger partial charge in [0.05, 0.1) is 6.21 Å². The minimum Gasteiger partial charge on any atom is -0.488 e. The van der Waals surface area contributed by atoms with Gasteiger partial charge in [-0.1, -0.05) is 57.9 Å². The predicted molar refractivity (Wildman–Crippen MR) is 111 cm³/mol. The zero-order valence-corrected chi connectivity index (χ0v) is 16.6. The van der Waals surface area contributed by atoms with Crippen LogP contribution in [0.2, 0.25) is 5.02 Å². The van der Waals surface area contributed by atoms with E-state index in [0.717, 1.165) is 15.6 Å². The number of carbonyl (C=O) groups excluding carboxylic acids is 1. The minimum atomic E-state index is -0.273.